The van der Waals surface area contributed by atoms with Gasteiger partial charge >= 0.3 is 0 Å². The summed E-state index contributed by atoms with van der Waals surface area (Å²) in [6, 6.07) is 4.47. The molecule has 0 saturated heterocycles. The largest absolute Gasteiger partial charge is 0.368 e. The van der Waals surface area contributed by atoms with Crippen LogP contribution in [0.4, 0.5) is 11.4 Å². The van der Waals surface area contributed by atoms with E-state index >= 15 is 0 Å². The maximum absolute atomic E-state index is 11.5. The second kappa shape index (κ2) is 6.69. The molecule has 0 spiro atoms. The smallest absolute Gasteiger partial charge is 0.293 e. The number of nitrogens with one attached hydrogen (secondary N) is 2. The number of amides is 1. The number of nitrogens with zero attached hydrogens (tertiary/aromatic N) is 2. The van der Waals surface area contributed by atoms with Crippen LogP contribution >= 0.6 is 0 Å². The minimum absolute atomic E-state index is 0.0697. The van der Waals surface area contributed by atoms with Crippen molar-refractivity contribution in [2.45, 2.75) is 0 Å². The molecular formula is C12H18N4O3. The molecule has 0 unspecified atom stereocenters. The zero-order chi connectivity index (χ0) is 14.4. The first-order chi connectivity index (χ1) is 9.01. The molecule has 1 rings (SSSR count). The summed E-state index contributed by atoms with van der Waals surface area (Å²) in [5.41, 5.74) is 0.701. The van der Waals surface area contributed by atoms with E-state index in [1.807, 2.05) is 7.05 Å². The molecule has 7 heteroatoms. The van der Waals surface area contributed by atoms with Gasteiger partial charge < -0.3 is 15.5 Å². The molecule has 1 aromatic rings. The van der Waals surface area contributed by atoms with Gasteiger partial charge in [-0.05, 0) is 19.2 Å². The Morgan fingerprint density at radius 3 is 2.63 bits per heavy atom. The van der Waals surface area contributed by atoms with Gasteiger partial charge in [0.05, 0.1) is 4.92 Å². The zero-order valence-corrected chi connectivity index (χ0v) is 11.3. The van der Waals surface area contributed by atoms with Crippen LogP contribution in [0.3, 0.4) is 0 Å². The first-order valence-corrected chi connectivity index (χ1v) is 5.87. The molecule has 1 aromatic carbocycles. The van der Waals surface area contributed by atoms with E-state index in [4.69, 9.17) is 0 Å². The van der Waals surface area contributed by atoms with Gasteiger partial charge in [-0.3, -0.25) is 14.9 Å². The van der Waals surface area contributed by atoms with Crippen molar-refractivity contribution in [2.24, 2.45) is 0 Å². The van der Waals surface area contributed by atoms with Gasteiger partial charge in [0.1, 0.15) is 5.69 Å². The highest BCUT2D eigenvalue weighted by Gasteiger charge is 2.19. The van der Waals surface area contributed by atoms with E-state index in [1.165, 1.54) is 13.1 Å². The molecule has 0 aromatic heterocycles. The molecule has 0 bridgehead atoms. The van der Waals surface area contributed by atoms with Gasteiger partial charge in [-0.25, -0.2) is 0 Å². The van der Waals surface area contributed by atoms with Gasteiger partial charge in [-0.2, -0.15) is 0 Å². The Balaban J connectivity index is 3.11. The molecule has 2 N–H and O–H groups in total. The molecule has 104 valence electrons. The number of nitro benzene ring substituents is 1. The van der Waals surface area contributed by atoms with Crippen molar-refractivity contribution in [3.05, 3.63) is 33.9 Å². The number of likely N-dealkylation sites (N-methyl/N-ethyl adjacent to an activating group) is 2. The fourth-order valence-corrected chi connectivity index (χ4v) is 1.68. The lowest BCUT2D eigenvalue weighted by Gasteiger charge is -2.19. The highest BCUT2D eigenvalue weighted by molar-refractivity contribution is 5.95. The van der Waals surface area contributed by atoms with E-state index in [-0.39, 0.29) is 17.2 Å². The van der Waals surface area contributed by atoms with Crippen LogP contribution in [0.1, 0.15) is 10.4 Å². The number of hydrogen-bond acceptors (Lipinski definition) is 5. The maximum Gasteiger partial charge on any atom is 0.293 e. The summed E-state index contributed by atoms with van der Waals surface area (Å²) in [6.45, 7) is 1.35. The van der Waals surface area contributed by atoms with Crippen LogP contribution in [0.25, 0.3) is 0 Å². The third-order valence-electron chi connectivity index (χ3n) is 2.77. The lowest BCUT2D eigenvalue weighted by molar-refractivity contribution is -0.384. The summed E-state index contributed by atoms with van der Waals surface area (Å²) in [4.78, 5) is 23.9. The molecule has 7 nitrogen and oxygen atoms in total. The first-order valence-electron chi connectivity index (χ1n) is 5.87. The Morgan fingerprint density at radius 2 is 2.11 bits per heavy atom. The monoisotopic (exact) mass is 266 g/mol. The van der Waals surface area contributed by atoms with Crippen molar-refractivity contribution in [1.29, 1.82) is 0 Å². The second-order valence-corrected chi connectivity index (χ2v) is 4.06. The predicted octanol–water partition coefficient (Wildman–Crippen LogP) is 0.610. The second-order valence-electron chi connectivity index (χ2n) is 4.06. The predicted molar refractivity (Wildman–Crippen MR) is 73.7 cm³/mol. The molecular weight excluding hydrogens is 248 g/mol. The molecule has 0 aliphatic carbocycles. The Hall–Kier alpha value is -2.15. The summed E-state index contributed by atoms with van der Waals surface area (Å²) in [5.74, 6) is -0.340. The van der Waals surface area contributed by atoms with Crippen molar-refractivity contribution in [3.8, 4) is 0 Å². The van der Waals surface area contributed by atoms with Gasteiger partial charge in [0.2, 0.25) is 0 Å². The normalized spacial score (nSPS) is 10.1. The van der Waals surface area contributed by atoms with E-state index in [1.54, 1.807) is 24.1 Å². The molecule has 19 heavy (non-hydrogen) atoms. The summed E-state index contributed by atoms with van der Waals surface area (Å²) in [6.07, 6.45) is 0. The zero-order valence-electron chi connectivity index (χ0n) is 11.3. The standard InChI is InChI=1S/C12H18N4O3/c1-13-6-7-15(3)10-5-4-9(12(17)14-2)8-11(10)16(18)19/h4-5,8,13H,6-7H2,1-3H3,(H,14,17). The van der Waals surface area contributed by atoms with Crippen LogP contribution in [-0.4, -0.2) is 45.1 Å². The van der Waals surface area contributed by atoms with Crippen molar-refractivity contribution in [2.75, 3.05) is 39.1 Å². The number of anilines is 1. The van der Waals surface area contributed by atoms with Crippen molar-refractivity contribution in [3.63, 3.8) is 0 Å². The molecule has 0 radical (unpaired) electrons. The third kappa shape index (κ3) is 3.65. The summed E-state index contributed by atoms with van der Waals surface area (Å²) in [7, 11) is 5.08. The fourth-order valence-electron chi connectivity index (χ4n) is 1.68. The van der Waals surface area contributed by atoms with Crippen LogP contribution in [0.2, 0.25) is 0 Å². The molecule has 0 fully saturated rings. The Bertz CT molecular complexity index is 476. The van der Waals surface area contributed by atoms with Crippen LogP contribution < -0.4 is 15.5 Å². The Morgan fingerprint density at radius 1 is 1.42 bits per heavy atom. The van der Waals surface area contributed by atoms with Gasteiger partial charge in [0, 0.05) is 38.8 Å². The van der Waals surface area contributed by atoms with Crippen LogP contribution in [0.15, 0.2) is 18.2 Å². The van der Waals surface area contributed by atoms with Gasteiger partial charge in [0.15, 0.2) is 0 Å². The fraction of sp³-hybridized carbons (Fsp3) is 0.417. The average molecular weight is 266 g/mol. The number of rotatable bonds is 6. The number of carbonyl (C=O) groups excluding carboxylic acids is 1. The molecule has 1 amide bonds. The van der Waals surface area contributed by atoms with Crippen molar-refractivity contribution >= 4 is 17.3 Å². The van der Waals surface area contributed by atoms with Crippen molar-refractivity contribution < 1.29 is 9.72 Å². The average Bonchev–Trinajstić information content (AvgIpc) is 2.43. The van der Waals surface area contributed by atoms with E-state index in [9.17, 15) is 14.9 Å². The molecule has 0 aliphatic heterocycles. The lowest BCUT2D eigenvalue weighted by Crippen LogP contribution is -2.27. The van der Waals surface area contributed by atoms with Gasteiger partial charge in [-0.1, -0.05) is 0 Å². The van der Waals surface area contributed by atoms with Crippen LogP contribution in [0, 0.1) is 10.1 Å². The Labute approximate surface area is 111 Å². The highest BCUT2D eigenvalue weighted by Crippen LogP contribution is 2.28. The first kappa shape index (κ1) is 14.9. The van der Waals surface area contributed by atoms with Gasteiger partial charge in [-0.15, -0.1) is 0 Å². The van der Waals surface area contributed by atoms with Crippen molar-refractivity contribution in [1.82, 2.24) is 10.6 Å². The number of hydrogen-bond donors (Lipinski definition) is 2. The minimum atomic E-state index is -0.475. The minimum Gasteiger partial charge on any atom is -0.368 e. The lowest BCUT2D eigenvalue weighted by atomic mass is 10.1. The SMILES string of the molecule is CNCCN(C)c1ccc(C(=O)NC)cc1[N+](=O)[O-]. The van der Waals surface area contributed by atoms with Gasteiger partial charge in [0.25, 0.3) is 11.6 Å². The summed E-state index contributed by atoms with van der Waals surface area (Å²) in [5, 5.41) is 16.5. The summed E-state index contributed by atoms with van der Waals surface area (Å²) < 4.78 is 0. The molecule has 0 aliphatic rings. The van der Waals surface area contributed by atoms with Crippen LogP contribution in [-0.2, 0) is 0 Å². The van der Waals surface area contributed by atoms with E-state index in [0.29, 0.717) is 18.8 Å². The number of benzene rings is 1. The topological polar surface area (TPSA) is 87.5 Å². The van der Waals surface area contributed by atoms with E-state index in [0.717, 1.165) is 0 Å². The highest BCUT2D eigenvalue weighted by atomic mass is 16.6. The van der Waals surface area contributed by atoms with E-state index < -0.39 is 4.92 Å². The third-order valence-corrected chi connectivity index (χ3v) is 2.77. The molecule has 0 heterocycles. The summed E-state index contributed by atoms with van der Waals surface area (Å²) >= 11 is 0. The molecule has 0 saturated carbocycles. The molecule has 0 atom stereocenters. The Kier molecular flexibility index (Phi) is 5.25. The number of nitro groups is 1. The van der Waals surface area contributed by atoms with E-state index in [2.05, 4.69) is 10.6 Å². The maximum atomic E-state index is 11.5. The van der Waals surface area contributed by atoms with Crippen LogP contribution in [0.5, 0.6) is 0 Å². The number of carbonyl (C=O) groups is 1. The quantitative estimate of drug-likeness (QED) is 0.582.